The van der Waals surface area contributed by atoms with Crippen molar-refractivity contribution in [2.45, 2.75) is 19.8 Å². The molecule has 3 nitrogen and oxygen atoms in total. The van der Waals surface area contributed by atoms with Crippen LogP contribution in [0.4, 0.5) is 16.2 Å². The summed E-state index contributed by atoms with van der Waals surface area (Å²) in [5, 5.41) is 6.17. The number of amides is 2. The zero-order valence-corrected chi connectivity index (χ0v) is 12.2. The van der Waals surface area contributed by atoms with Crippen molar-refractivity contribution >= 4 is 29.0 Å². The average molecular weight is 289 g/mol. The second-order valence-electron chi connectivity index (χ2n) is 4.86. The monoisotopic (exact) mass is 288 g/mol. The molecule has 0 unspecified atom stereocenters. The van der Waals surface area contributed by atoms with Crippen molar-refractivity contribution in [1.29, 1.82) is 0 Å². The first-order valence-corrected chi connectivity index (χ1v) is 6.86. The van der Waals surface area contributed by atoms with Crippen LogP contribution in [0.25, 0.3) is 0 Å². The topological polar surface area (TPSA) is 41.1 Å². The van der Waals surface area contributed by atoms with Crippen molar-refractivity contribution < 1.29 is 4.79 Å². The van der Waals surface area contributed by atoms with Gasteiger partial charge in [-0.05, 0) is 47.9 Å². The van der Waals surface area contributed by atoms with Crippen LogP contribution < -0.4 is 10.6 Å². The molecule has 2 N–H and O–H groups in total. The third-order valence-electron chi connectivity index (χ3n) is 2.94. The van der Waals surface area contributed by atoms with Crippen LogP contribution in [0, 0.1) is 0 Å². The zero-order valence-electron chi connectivity index (χ0n) is 11.5. The highest BCUT2D eigenvalue weighted by molar-refractivity contribution is 6.30. The largest absolute Gasteiger partial charge is 0.323 e. The number of hydrogen-bond acceptors (Lipinski definition) is 1. The van der Waals surface area contributed by atoms with Gasteiger partial charge in [-0.15, -0.1) is 0 Å². The van der Waals surface area contributed by atoms with Crippen molar-refractivity contribution in [3.05, 3.63) is 59.1 Å². The van der Waals surface area contributed by atoms with Gasteiger partial charge in [-0.2, -0.15) is 0 Å². The summed E-state index contributed by atoms with van der Waals surface area (Å²) in [4.78, 5) is 11.8. The van der Waals surface area contributed by atoms with Gasteiger partial charge in [-0.1, -0.05) is 37.6 Å². The highest BCUT2D eigenvalue weighted by Gasteiger charge is 2.03. The first kappa shape index (κ1) is 14.4. The number of carbonyl (C=O) groups excluding carboxylic acids is 1. The molecule has 4 heteroatoms. The smallest absolute Gasteiger partial charge is 0.308 e. The first-order chi connectivity index (χ1) is 9.54. The molecule has 2 aromatic carbocycles. The summed E-state index contributed by atoms with van der Waals surface area (Å²) in [7, 11) is 0. The van der Waals surface area contributed by atoms with E-state index in [0.717, 1.165) is 5.69 Å². The third-order valence-corrected chi connectivity index (χ3v) is 3.19. The van der Waals surface area contributed by atoms with Gasteiger partial charge in [-0.3, -0.25) is 0 Å². The maximum atomic E-state index is 11.8. The summed E-state index contributed by atoms with van der Waals surface area (Å²) in [5.74, 6) is 0.479. The lowest BCUT2D eigenvalue weighted by atomic mass is 10.0. The molecule has 0 spiro atoms. The Morgan fingerprint density at radius 3 is 1.80 bits per heavy atom. The van der Waals surface area contributed by atoms with Gasteiger partial charge < -0.3 is 10.6 Å². The van der Waals surface area contributed by atoms with E-state index < -0.39 is 0 Å². The summed E-state index contributed by atoms with van der Waals surface area (Å²) in [5.41, 5.74) is 2.71. The Hall–Kier alpha value is -2.00. The Morgan fingerprint density at radius 2 is 1.35 bits per heavy atom. The normalized spacial score (nSPS) is 10.4. The molecule has 0 saturated carbocycles. The quantitative estimate of drug-likeness (QED) is 0.810. The van der Waals surface area contributed by atoms with Crippen LogP contribution in [-0.2, 0) is 0 Å². The van der Waals surface area contributed by atoms with E-state index in [4.69, 9.17) is 11.6 Å². The van der Waals surface area contributed by atoms with Crippen molar-refractivity contribution in [1.82, 2.24) is 0 Å². The maximum absolute atomic E-state index is 11.8. The number of benzene rings is 2. The molecule has 0 radical (unpaired) electrons. The van der Waals surface area contributed by atoms with E-state index in [0.29, 0.717) is 16.6 Å². The van der Waals surface area contributed by atoms with E-state index in [9.17, 15) is 4.79 Å². The minimum atomic E-state index is -0.274. The zero-order chi connectivity index (χ0) is 14.5. The van der Waals surface area contributed by atoms with Gasteiger partial charge in [0, 0.05) is 16.4 Å². The molecule has 0 aliphatic carbocycles. The van der Waals surface area contributed by atoms with E-state index in [1.165, 1.54) is 5.56 Å². The average Bonchev–Trinajstić information content (AvgIpc) is 2.42. The van der Waals surface area contributed by atoms with Gasteiger partial charge in [0.2, 0.25) is 0 Å². The lowest BCUT2D eigenvalue weighted by molar-refractivity contribution is 0.262. The van der Waals surface area contributed by atoms with Gasteiger partial charge in [0.25, 0.3) is 0 Å². The highest BCUT2D eigenvalue weighted by atomic mass is 35.5. The van der Waals surface area contributed by atoms with Crippen LogP contribution in [0.15, 0.2) is 48.5 Å². The molecule has 0 fully saturated rings. The fourth-order valence-corrected chi connectivity index (χ4v) is 1.90. The molecular weight excluding hydrogens is 272 g/mol. The summed E-state index contributed by atoms with van der Waals surface area (Å²) in [6.07, 6.45) is 0. The summed E-state index contributed by atoms with van der Waals surface area (Å²) >= 11 is 5.79. The Labute approximate surface area is 124 Å². The van der Waals surface area contributed by atoms with Crippen LogP contribution in [0.1, 0.15) is 25.3 Å². The molecule has 104 valence electrons. The molecule has 0 aliphatic heterocycles. The van der Waals surface area contributed by atoms with E-state index in [1.807, 2.05) is 24.3 Å². The Morgan fingerprint density at radius 1 is 0.900 bits per heavy atom. The van der Waals surface area contributed by atoms with Gasteiger partial charge in [-0.25, -0.2) is 4.79 Å². The molecule has 0 atom stereocenters. The van der Waals surface area contributed by atoms with Crippen molar-refractivity contribution in [2.24, 2.45) is 0 Å². The molecule has 2 aromatic rings. The molecule has 0 saturated heterocycles. The van der Waals surface area contributed by atoms with Crippen LogP contribution in [0.5, 0.6) is 0 Å². The standard InChI is InChI=1S/C16H17ClN2O/c1-11(2)12-3-7-14(8-4-12)18-16(20)19-15-9-5-13(17)6-10-15/h3-11H,1-2H3,(H2,18,19,20). The van der Waals surface area contributed by atoms with E-state index in [2.05, 4.69) is 24.5 Å². The summed E-state index contributed by atoms with van der Waals surface area (Å²) in [6.45, 7) is 4.27. The fourth-order valence-electron chi connectivity index (χ4n) is 1.78. The minimum absolute atomic E-state index is 0.274. The van der Waals surface area contributed by atoms with Crippen molar-refractivity contribution in [3.8, 4) is 0 Å². The van der Waals surface area contributed by atoms with Gasteiger partial charge in [0.15, 0.2) is 0 Å². The first-order valence-electron chi connectivity index (χ1n) is 6.48. The number of rotatable bonds is 3. The van der Waals surface area contributed by atoms with E-state index in [1.54, 1.807) is 24.3 Å². The third kappa shape index (κ3) is 4.00. The Balaban J connectivity index is 1.95. The molecular formula is C16H17ClN2O. The van der Waals surface area contributed by atoms with Gasteiger partial charge >= 0.3 is 6.03 Å². The number of nitrogens with one attached hydrogen (secondary N) is 2. The summed E-state index contributed by atoms with van der Waals surface area (Å²) < 4.78 is 0. The maximum Gasteiger partial charge on any atom is 0.323 e. The number of carbonyl (C=O) groups is 1. The second-order valence-corrected chi connectivity index (χ2v) is 5.30. The fraction of sp³-hybridized carbons (Fsp3) is 0.188. The van der Waals surface area contributed by atoms with Crippen LogP contribution in [-0.4, -0.2) is 6.03 Å². The van der Waals surface area contributed by atoms with Crippen molar-refractivity contribution in [2.75, 3.05) is 10.6 Å². The SMILES string of the molecule is CC(C)c1ccc(NC(=O)Nc2ccc(Cl)cc2)cc1. The molecule has 0 aliphatic rings. The molecule has 2 rings (SSSR count). The van der Waals surface area contributed by atoms with Crippen LogP contribution in [0.3, 0.4) is 0 Å². The molecule has 20 heavy (non-hydrogen) atoms. The van der Waals surface area contributed by atoms with Crippen LogP contribution >= 0.6 is 11.6 Å². The summed E-state index contributed by atoms with van der Waals surface area (Å²) in [6, 6.07) is 14.5. The highest BCUT2D eigenvalue weighted by Crippen LogP contribution is 2.18. The van der Waals surface area contributed by atoms with E-state index in [-0.39, 0.29) is 6.03 Å². The number of anilines is 2. The Bertz CT molecular complexity index is 576. The number of urea groups is 1. The molecule has 0 bridgehead atoms. The molecule has 2 amide bonds. The Kier molecular flexibility index (Phi) is 4.64. The second kappa shape index (κ2) is 6.44. The number of halogens is 1. The predicted octanol–water partition coefficient (Wildman–Crippen LogP) is 5.11. The predicted molar refractivity (Wildman–Crippen MR) is 84.6 cm³/mol. The van der Waals surface area contributed by atoms with E-state index >= 15 is 0 Å². The minimum Gasteiger partial charge on any atom is -0.308 e. The van der Waals surface area contributed by atoms with Gasteiger partial charge in [0.1, 0.15) is 0 Å². The molecule has 0 aromatic heterocycles. The lowest BCUT2D eigenvalue weighted by Crippen LogP contribution is -2.19. The van der Waals surface area contributed by atoms with Gasteiger partial charge in [0.05, 0.1) is 0 Å². The van der Waals surface area contributed by atoms with Crippen molar-refractivity contribution in [3.63, 3.8) is 0 Å². The molecule has 0 heterocycles. The lowest BCUT2D eigenvalue weighted by Gasteiger charge is -2.09. The van der Waals surface area contributed by atoms with Crippen LogP contribution in [0.2, 0.25) is 5.02 Å². The number of hydrogen-bond donors (Lipinski definition) is 2.